The van der Waals surface area contributed by atoms with Gasteiger partial charge in [-0.2, -0.15) is 0 Å². The van der Waals surface area contributed by atoms with Crippen LogP contribution in [0.3, 0.4) is 0 Å². The Morgan fingerprint density at radius 3 is 2.24 bits per heavy atom. The summed E-state index contributed by atoms with van der Waals surface area (Å²) < 4.78 is 11.1. The molecule has 1 rings (SSSR count). The van der Waals surface area contributed by atoms with Gasteiger partial charge >= 0.3 is 0 Å². The third-order valence-electron chi connectivity index (χ3n) is 3.26. The van der Waals surface area contributed by atoms with Crippen molar-refractivity contribution >= 4 is 0 Å². The SMILES string of the molecule is CCCCCOCCOCCN1CCCCC1. The zero-order valence-electron chi connectivity index (χ0n) is 11.5. The molecule has 1 fully saturated rings. The third kappa shape index (κ3) is 8.58. The second-order valence-electron chi connectivity index (χ2n) is 4.83. The second kappa shape index (κ2) is 11.0. The summed E-state index contributed by atoms with van der Waals surface area (Å²) in [6.45, 7) is 9.08. The van der Waals surface area contributed by atoms with E-state index in [1.807, 2.05) is 0 Å². The number of hydrogen-bond donors (Lipinski definition) is 0. The Labute approximate surface area is 106 Å². The van der Waals surface area contributed by atoms with Crippen LogP contribution in [0, 0.1) is 0 Å². The Hall–Kier alpha value is -0.120. The summed E-state index contributed by atoms with van der Waals surface area (Å²) in [5.74, 6) is 0. The van der Waals surface area contributed by atoms with Crippen LogP contribution in [-0.2, 0) is 9.47 Å². The lowest BCUT2D eigenvalue weighted by Crippen LogP contribution is -2.32. The summed E-state index contributed by atoms with van der Waals surface area (Å²) in [4.78, 5) is 2.51. The van der Waals surface area contributed by atoms with E-state index in [0.717, 1.165) is 33.0 Å². The van der Waals surface area contributed by atoms with E-state index in [9.17, 15) is 0 Å². The molecular formula is C14H29NO2. The predicted molar refractivity (Wildman–Crippen MR) is 71.5 cm³/mol. The molecule has 1 aliphatic heterocycles. The second-order valence-corrected chi connectivity index (χ2v) is 4.83. The molecule has 1 aliphatic rings. The molecular weight excluding hydrogens is 214 g/mol. The van der Waals surface area contributed by atoms with E-state index in [-0.39, 0.29) is 0 Å². The Balaban J connectivity index is 1.75. The van der Waals surface area contributed by atoms with Crippen molar-refractivity contribution in [3.05, 3.63) is 0 Å². The highest BCUT2D eigenvalue weighted by Crippen LogP contribution is 2.07. The van der Waals surface area contributed by atoms with Gasteiger partial charge in [-0.25, -0.2) is 0 Å². The molecule has 1 heterocycles. The van der Waals surface area contributed by atoms with E-state index in [1.165, 1.54) is 51.6 Å². The van der Waals surface area contributed by atoms with Crippen LogP contribution in [0.25, 0.3) is 0 Å². The van der Waals surface area contributed by atoms with Crippen LogP contribution < -0.4 is 0 Å². The molecule has 0 aromatic rings. The van der Waals surface area contributed by atoms with Crippen molar-refractivity contribution in [2.24, 2.45) is 0 Å². The molecule has 3 heteroatoms. The van der Waals surface area contributed by atoms with E-state index in [1.54, 1.807) is 0 Å². The van der Waals surface area contributed by atoms with Gasteiger partial charge in [0.2, 0.25) is 0 Å². The number of hydrogen-bond acceptors (Lipinski definition) is 3. The Bertz CT molecular complexity index is 158. The number of ether oxygens (including phenoxy) is 2. The van der Waals surface area contributed by atoms with Crippen molar-refractivity contribution in [1.29, 1.82) is 0 Å². The highest BCUT2D eigenvalue weighted by atomic mass is 16.5. The summed E-state index contributed by atoms with van der Waals surface area (Å²) >= 11 is 0. The fourth-order valence-electron chi connectivity index (χ4n) is 2.15. The van der Waals surface area contributed by atoms with Gasteiger partial charge in [-0.05, 0) is 32.4 Å². The third-order valence-corrected chi connectivity index (χ3v) is 3.26. The molecule has 0 bridgehead atoms. The fourth-order valence-corrected chi connectivity index (χ4v) is 2.15. The summed E-state index contributed by atoms with van der Waals surface area (Å²) in [6.07, 6.45) is 7.85. The lowest BCUT2D eigenvalue weighted by Gasteiger charge is -2.26. The molecule has 0 aliphatic carbocycles. The van der Waals surface area contributed by atoms with Gasteiger partial charge in [0, 0.05) is 13.2 Å². The van der Waals surface area contributed by atoms with Gasteiger partial charge < -0.3 is 14.4 Å². The minimum atomic E-state index is 0.750. The molecule has 17 heavy (non-hydrogen) atoms. The number of unbranched alkanes of at least 4 members (excludes halogenated alkanes) is 2. The van der Waals surface area contributed by atoms with E-state index in [2.05, 4.69) is 11.8 Å². The van der Waals surface area contributed by atoms with E-state index >= 15 is 0 Å². The molecule has 0 atom stereocenters. The van der Waals surface area contributed by atoms with E-state index in [0.29, 0.717) is 0 Å². The zero-order valence-corrected chi connectivity index (χ0v) is 11.5. The number of rotatable bonds is 10. The predicted octanol–water partition coefficient (Wildman–Crippen LogP) is 2.70. The molecule has 0 saturated carbocycles. The van der Waals surface area contributed by atoms with Crippen LogP contribution in [0.1, 0.15) is 45.4 Å². The quantitative estimate of drug-likeness (QED) is 0.551. The Morgan fingerprint density at radius 2 is 1.53 bits per heavy atom. The van der Waals surface area contributed by atoms with E-state index < -0.39 is 0 Å². The first-order chi connectivity index (χ1) is 8.43. The van der Waals surface area contributed by atoms with Gasteiger partial charge in [0.15, 0.2) is 0 Å². The first-order valence-corrected chi connectivity index (χ1v) is 7.31. The topological polar surface area (TPSA) is 21.7 Å². The van der Waals surface area contributed by atoms with Crippen molar-refractivity contribution in [2.45, 2.75) is 45.4 Å². The van der Waals surface area contributed by atoms with Gasteiger partial charge in [-0.15, -0.1) is 0 Å². The summed E-state index contributed by atoms with van der Waals surface area (Å²) in [5, 5.41) is 0. The van der Waals surface area contributed by atoms with Crippen LogP contribution in [0.15, 0.2) is 0 Å². The highest BCUT2D eigenvalue weighted by molar-refractivity contribution is 4.63. The monoisotopic (exact) mass is 243 g/mol. The molecule has 0 N–H and O–H groups in total. The molecule has 0 aromatic carbocycles. The van der Waals surface area contributed by atoms with Gasteiger partial charge in [0.25, 0.3) is 0 Å². The molecule has 0 amide bonds. The molecule has 0 spiro atoms. The van der Waals surface area contributed by atoms with Crippen molar-refractivity contribution in [3.8, 4) is 0 Å². The van der Waals surface area contributed by atoms with E-state index in [4.69, 9.17) is 9.47 Å². The van der Waals surface area contributed by atoms with Crippen molar-refractivity contribution in [2.75, 3.05) is 46.1 Å². The summed E-state index contributed by atoms with van der Waals surface area (Å²) in [6, 6.07) is 0. The maximum absolute atomic E-state index is 5.58. The minimum absolute atomic E-state index is 0.750. The maximum Gasteiger partial charge on any atom is 0.0701 e. The number of nitrogens with zero attached hydrogens (tertiary/aromatic N) is 1. The van der Waals surface area contributed by atoms with Crippen molar-refractivity contribution in [3.63, 3.8) is 0 Å². The lowest BCUT2D eigenvalue weighted by atomic mass is 10.1. The van der Waals surface area contributed by atoms with Gasteiger partial charge in [-0.1, -0.05) is 26.2 Å². The van der Waals surface area contributed by atoms with Crippen LogP contribution in [0.2, 0.25) is 0 Å². The minimum Gasteiger partial charge on any atom is -0.379 e. The zero-order chi connectivity index (χ0) is 12.2. The molecule has 1 saturated heterocycles. The molecule has 0 radical (unpaired) electrons. The Kier molecular flexibility index (Phi) is 9.66. The first kappa shape index (κ1) is 14.9. The number of piperidine rings is 1. The van der Waals surface area contributed by atoms with Crippen LogP contribution in [-0.4, -0.2) is 51.0 Å². The van der Waals surface area contributed by atoms with Crippen LogP contribution in [0.4, 0.5) is 0 Å². The average Bonchev–Trinajstić information content (AvgIpc) is 2.38. The largest absolute Gasteiger partial charge is 0.379 e. The molecule has 102 valence electrons. The van der Waals surface area contributed by atoms with Crippen molar-refractivity contribution < 1.29 is 9.47 Å². The summed E-state index contributed by atoms with van der Waals surface area (Å²) in [5.41, 5.74) is 0. The lowest BCUT2D eigenvalue weighted by molar-refractivity contribution is 0.0356. The maximum atomic E-state index is 5.58. The summed E-state index contributed by atoms with van der Waals surface area (Å²) in [7, 11) is 0. The molecule has 0 aromatic heterocycles. The first-order valence-electron chi connectivity index (χ1n) is 7.31. The number of likely N-dealkylation sites (tertiary alicyclic amines) is 1. The Morgan fingerprint density at radius 1 is 0.824 bits per heavy atom. The highest BCUT2D eigenvalue weighted by Gasteiger charge is 2.08. The van der Waals surface area contributed by atoms with Gasteiger partial charge in [0.1, 0.15) is 0 Å². The molecule has 3 nitrogen and oxygen atoms in total. The standard InChI is InChI=1S/C14H29NO2/c1-2-3-7-11-16-13-14-17-12-10-15-8-5-4-6-9-15/h2-14H2,1H3. The van der Waals surface area contributed by atoms with Crippen LogP contribution in [0.5, 0.6) is 0 Å². The van der Waals surface area contributed by atoms with Crippen molar-refractivity contribution in [1.82, 2.24) is 4.90 Å². The smallest absolute Gasteiger partial charge is 0.0701 e. The van der Waals surface area contributed by atoms with Gasteiger partial charge in [-0.3, -0.25) is 0 Å². The average molecular weight is 243 g/mol. The van der Waals surface area contributed by atoms with Crippen LogP contribution >= 0.6 is 0 Å². The fraction of sp³-hybridized carbons (Fsp3) is 1.00. The van der Waals surface area contributed by atoms with Gasteiger partial charge in [0.05, 0.1) is 19.8 Å². The normalized spacial score (nSPS) is 17.5. The molecule has 0 unspecified atom stereocenters.